The van der Waals surface area contributed by atoms with E-state index in [1.54, 1.807) is 37.4 Å². The van der Waals surface area contributed by atoms with Gasteiger partial charge >= 0.3 is 0 Å². The zero-order valence-corrected chi connectivity index (χ0v) is 15.2. The number of hydrogen-bond donors (Lipinski definition) is 1. The van der Waals surface area contributed by atoms with Crippen molar-refractivity contribution in [2.75, 3.05) is 25.5 Å². The summed E-state index contributed by atoms with van der Waals surface area (Å²) in [5.41, 5.74) is 0.636. The molecule has 0 fully saturated rings. The van der Waals surface area contributed by atoms with Crippen LogP contribution in [0.3, 0.4) is 0 Å². The number of methoxy groups -OCH3 is 1. The molecule has 0 unspecified atom stereocenters. The Morgan fingerprint density at radius 1 is 1.30 bits per heavy atom. The van der Waals surface area contributed by atoms with Gasteiger partial charge in [-0.05, 0) is 47.1 Å². The largest absolute Gasteiger partial charge is 0.497 e. The summed E-state index contributed by atoms with van der Waals surface area (Å²) >= 11 is 4.69. The van der Waals surface area contributed by atoms with Crippen LogP contribution < -0.4 is 10.1 Å². The summed E-state index contributed by atoms with van der Waals surface area (Å²) in [5, 5.41) is 2.77. The highest BCUT2D eigenvalue weighted by atomic mass is 79.9. The van der Waals surface area contributed by atoms with Gasteiger partial charge in [-0.3, -0.25) is 9.59 Å². The quantitative estimate of drug-likeness (QED) is 0.810. The fourth-order valence-electron chi connectivity index (χ4n) is 1.99. The summed E-state index contributed by atoms with van der Waals surface area (Å²) in [5.74, 6) is 0.266. The van der Waals surface area contributed by atoms with E-state index in [0.29, 0.717) is 22.9 Å². The molecule has 0 saturated heterocycles. The summed E-state index contributed by atoms with van der Waals surface area (Å²) in [6, 6.07) is 10.7. The Bertz CT molecular complexity index is 702. The number of nitrogens with zero attached hydrogens (tertiary/aromatic N) is 1. The molecule has 1 aromatic heterocycles. The fourth-order valence-corrected chi connectivity index (χ4v) is 3.34. The smallest absolute Gasteiger partial charge is 0.264 e. The van der Waals surface area contributed by atoms with Crippen molar-refractivity contribution in [3.63, 3.8) is 0 Å². The van der Waals surface area contributed by atoms with Crippen LogP contribution in [0.15, 0.2) is 40.2 Å². The average molecular weight is 397 g/mol. The number of rotatable bonds is 6. The van der Waals surface area contributed by atoms with Crippen LogP contribution >= 0.6 is 27.3 Å². The van der Waals surface area contributed by atoms with E-state index in [0.717, 1.165) is 3.79 Å². The van der Waals surface area contributed by atoms with E-state index < -0.39 is 0 Å². The molecule has 5 nitrogen and oxygen atoms in total. The van der Waals surface area contributed by atoms with Crippen molar-refractivity contribution in [3.05, 3.63) is 45.1 Å². The van der Waals surface area contributed by atoms with Crippen molar-refractivity contribution in [1.29, 1.82) is 0 Å². The maximum Gasteiger partial charge on any atom is 0.264 e. The standard InChI is InChI=1S/C16H17BrN2O3S/c1-3-19(16(21)13-7-8-14(17)23-13)10-15(20)18-11-5-4-6-12(9-11)22-2/h4-9H,3,10H2,1-2H3,(H,18,20). The predicted octanol–water partition coefficient (Wildman–Crippen LogP) is 3.62. The molecular weight excluding hydrogens is 380 g/mol. The van der Waals surface area contributed by atoms with Crippen LogP contribution in [0.5, 0.6) is 5.75 Å². The second kappa shape index (κ2) is 8.12. The van der Waals surface area contributed by atoms with Gasteiger partial charge in [0.1, 0.15) is 12.3 Å². The molecule has 0 radical (unpaired) electrons. The Morgan fingerprint density at radius 2 is 2.09 bits per heavy atom. The summed E-state index contributed by atoms with van der Waals surface area (Å²) in [7, 11) is 1.57. The van der Waals surface area contributed by atoms with E-state index in [1.165, 1.54) is 16.2 Å². The lowest BCUT2D eigenvalue weighted by molar-refractivity contribution is -0.116. The van der Waals surface area contributed by atoms with E-state index in [2.05, 4.69) is 21.2 Å². The predicted molar refractivity (Wildman–Crippen MR) is 95.2 cm³/mol. The molecule has 2 rings (SSSR count). The number of carbonyl (C=O) groups excluding carboxylic acids is 2. The number of hydrogen-bond acceptors (Lipinski definition) is 4. The number of nitrogens with one attached hydrogen (secondary N) is 1. The Morgan fingerprint density at radius 3 is 2.70 bits per heavy atom. The Balaban J connectivity index is 2.00. The number of carbonyl (C=O) groups is 2. The first-order valence-corrected chi connectivity index (χ1v) is 8.63. The minimum Gasteiger partial charge on any atom is -0.497 e. The second-order valence-corrected chi connectivity index (χ2v) is 7.17. The van der Waals surface area contributed by atoms with E-state index in [4.69, 9.17) is 4.74 Å². The van der Waals surface area contributed by atoms with E-state index in [9.17, 15) is 9.59 Å². The number of amides is 2. The molecule has 0 aliphatic heterocycles. The maximum absolute atomic E-state index is 12.4. The van der Waals surface area contributed by atoms with E-state index in [-0.39, 0.29) is 18.4 Å². The molecule has 2 aromatic rings. The van der Waals surface area contributed by atoms with Gasteiger partial charge in [-0.15, -0.1) is 11.3 Å². The summed E-state index contributed by atoms with van der Waals surface area (Å²) in [4.78, 5) is 26.7. The molecule has 0 aliphatic carbocycles. The average Bonchev–Trinajstić information content (AvgIpc) is 2.98. The van der Waals surface area contributed by atoms with Crippen molar-refractivity contribution < 1.29 is 14.3 Å². The van der Waals surface area contributed by atoms with Gasteiger partial charge in [0.05, 0.1) is 15.8 Å². The Labute approximate surface area is 147 Å². The zero-order chi connectivity index (χ0) is 16.8. The molecule has 0 atom stereocenters. The van der Waals surface area contributed by atoms with Crippen molar-refractivity contribution in [2.45, 2.75) is 6.92 Å². The van der Waals surface area contributed by atoms with Gasteiger partial charge in [-0.1, -0.05) is 6.07 Å². The highest BCUT2D eigenvalue weighted by molar-refractivity contribution is 9.11. The normalized spacial score (nSPS) is 10.2. The number of anilines is 1. The van der Waals surface area contributed by atoms with Crippen molar-refractivity contribution in [1.82, 2.24) is 4.90 Å². The van der Waals surface area contributed by atoms with Crippen molar-refractivity contribution >= 4 is 44.8 Å². The van der Waals surface area contributed by atoms with Gasteiger partial charge in [0, 0.05) is 18.3 Å². The molecule has 2 amide bonds. The molecule has 0 bridgehead atoms. The number of thiophene rings is 1. The van der Waals surface area contributed by atoms with Gasteiger partial charge in [0.25, 0.3) is 5.91 Å². The van der Waals surface area contributed by atoms with Gasteiger partial charge in [-0.2, -0.15) is 0 Å². The van der Waals surface area contributed by atoms with Crippen LogP contribution in [0, 0.1) is 0 Å². The number of benzene rings is 1. The lowest BCUT2D eigenvalue weighted by Gasteiger charge is -2.19. The van der Waals surface area contributed by atoms with Crippen molar-refractivity contribution in [2.24, 2.45) is 0 Å². The minimum absolute atomic E-state index is 0.00205. The van der Waals surface area contributed by atoms with Crippen LogP contribution in [0.2, 0.25) is 0 Å². The first-order valence-electron chi connectivity index (χ1n) is 7.02. The minimum atomic E-state index is -0.246. The molecule has 1 aromatic carbocycles. The molecular formula is C16H17BrN2O3S. The van der Waals surface area contributed by atoms with Gasteiger partial charge in [-0.25, -0.2) is 0 Å². The molecule has 7 heteroatoms. The molecule has 0 aliphatic rings. The van der Waals surface area contributed by atoms with Crippen molar-refractivity contribution in [3.8, 4) is 5.75 Å². The number of halogens is 1. The van der Waals surface area contributed by atoms with Gasteiger partial charge in [0.15, 0.2) is 0 Å². The van der Waals surface area contributed by atoms with Gasteiger partial charge < -0.3 is 15.0 Å². The highest BCUT2D eigenvalue weighted by Crippen LogP contribution is 2.23. The second-order valence-electron chi connectivity index (χ2n) is 4.70. The van der Waals surface area contributed by atoms with Crippen LogP contribution in [-0.4, -0.2) is 36.9 Å². The summed E-state index contributed by atoms with van der Waals surface area (Å²) in [6.45, 7) is 2.31. The first-order chi connectivity index (χ1) is 11.0. The molecule has 1 N–H and O–H groups in total. The lowest BCUT2D eigenvalue weighted by Crippen LogP contribution is -2.37. The van der Waals surface area contributed by atoms with E-state index in [1.807, 2.05) is 13.0 Å². The number of ether oxygens (including phenoxy) is 1. The van der Waals surface area contributed by atoms with Crippen LogP contribution in [0.4, 0.5) is 5.69 Å². The molecule has 122 valence electrons. The third-order valence-electron chi connectivity index (χ3n) is 3.14. The molecule has 23 heavy (non-hydrogen) atoms. The van der Waals surface area contributed by atoms with Gasteiger partial charge in [0.2, 0.25) is 5.91 Å². The third kappa shape index (κ3) is 4.80. The fraction of sp³-hybridized carbons (Fsp3) is 0.250. The molecule has 1 heterocycles. The van der Waals surface area contributed by atoms with Crippen LogP contribution in [-0.2, 0) is 4.79 Å². The summed E-state index contributed by atoms with van der Waals surface area (Å²) < 4.78 is 6.00. The Kier molecular flexibility index (Phi) is 6.18. The number of likely N-dealkylation sites (N-methyl/N-ethyl adjacent to an activating group) is 1. The first kappa shape index (κ1) is 17.5. The van der Waals surface area contributed by atoms with E-state index >= 15 is 0 Å². The third-order valence-corrected chi connectivity index (χ3v) is 4.75. The van der Waals surface area contributed by atoms with Crippen LogP contribution in [0.1, 0.15) is 16.6 Å². The maximum atomic E-state index is 12.4. The monoisotopic (exact) mass is 396 g/mol. The lowest BCUT2D eigenvalue weighted by atomic mass is 10.3. The Hall–Kier alpha value is -1.86. The molecule has 0 spiro atoms. The zero-order valence-electron chi connectivity index (χ0n) is 12.8. The summed E-state index contributed by atoms with van der Waals surface area (Å²) in [6.07, 6.45) is 0. The highest BCUT2D eigenvalue weighted by Gasteiger charge is 2.19. The SMILES string of the molecule is CCN(CC(=O)Nc1cccc(OC)c1)C(=O)c1ccc(Br)s1. The topological polar surface area (TPSA) is 58.6 Å². The molecule has 0 saturated carbocycles. The van der Waals surface area contributed by atoms with Crippen LogP contribution in [0.25, 0.3) is 0 Å².